The normalized spacial score (nSPS) is 10.9. The highest BCUT2D eigenvalue weighted by Crippen LogP contribution is 2.24. The molecule has 0 spiro atoms. The predicted molar refractivity (Wildman–Crippen MR) is 64.1 cm³/mol. The topological polar surface area (TPSA) is 93.4 Å². The molecule has 0 aliphatic rings. The van der Waals surface area contributed by atoms with Crippen molar-refractivity contribution in [1.82, 2.24) is 25.1 Å². The van der Waals surface area contributed by atoms with E-state index < -0.39 is 0 Å². The lowest BCUT2D eigenvalue weighted by Crippen LogP contribution is -1.98. The smallest absolute Gasteiger partial charge is 0.153 e. The highest BCUT2D eigenvalue weighted by atomic mass is 15.2. The second-order valence-corrected chi connectivity index (χ2v) is 3.75. The van der Waals surface area contributed by atoms with E-state index in [0.29, 0.717) is 11.5 Å². The second-order valence-electron chi connectivity index (χ2n) is 3.75. The van der Waals surface area contributed by atoms with Crippen molar-refractivity contribution in [2.24, 2.45) is 0 Å². The predicted octanol–water partition coefficient (Wildman–Crippen LogP) is 1.31. The summed E-state index contributed by atoms with van der Waals surface area (Å²) in [5.41, 5.74) is 9.09. The Hall–Kier alpha value is -2.50. The van der Waals surface area contributed by atoms with Gasteiger partial charge in [-0.2, -0.15) is 0 Å². The molecule has 6 heteroatoms. The van der Waals surface area contributed by atoms with E-state index in [1.54, 1.807) is 0 Å². The van der Waals surface area contributed by atoms with Crippen molar-refractivity contribution in [3.8, 4) is 11.3 Å². The maximum Gasteiger partial charge on any atom is 0.153 e. The molecule has 0 bridgehead atoms. The molecule has 0 atom stereocenters. The molecule has 0 saturated carbocycles. The molecule has 6 nitrogen and oxygen atoms in total. The van der Waals surface area contributed by atoms with E-state index in [1.807, 2.05) is 25.1 Å². The van der Waals surface area contributed by atoms with E-state index in [2.05, 4.69) is 25.1 Å². The highest BCUT2D eigenvalue weighted by molar-refractivity contribution is 5.83. The maximum absolute atomic E-state index is 5.76. The van der Waals surface area contributed by atoms with E-state index >= 15 is 0 Å². The SMILES string of the molecule is Cc1nc2ccc(-c3nncnc3N)cc2[nH]1. The molecule has 0 amide bonds. The molecule has 0 aliphatic heterocycles. The van der Waals surface area contributed by atoms with Crippen LogP contribution in [0.15, 0.2) is 24.5 Å². The molecule has 3 rings (SSSR count). The van der Waals surface area contributed by atoms with Crippen LogP contribution >= 0.6 is 0 Å². The average molecular weight is 226 g/mol. The number of hydrogen-bond donors (Lipinski definition) is 2. The second kappa shape index (κ2) is 3.51. The van der Waals surface area contributed by atoms with Crippen molar-refractivity contribution in [3.63, 3.8) is 0 Å². The molecular weight excluding hydrogens is 216 g/mol. The third-order valence-electron chi connectivity index (χ3n) is 2.52. The first-order chi connectivity index (χ1) is 8.24. The summed E-state index contributed by atoms with van der Waals surface area (Å²) in [5, 5.41) is 7.73. The number of anilines is 1. The molecule has 0 radical (unpaired) electrons. The molecule has 1 aromatic carbocycles. The number of fused-ring (bicyclic) bond motifs is 1. The van der Waals surface area contributed by atoms with Gasteiger partial charge in [-0.1, -0.05) is 6.07 Å². The van der Waals surface area contributed by atoms with E-state index in [1.165, 1.54) is 6.33 Å². The van der Waals surface area contributed by atoms with Gasteiger partial charge in [-0.15, -0.1) is 10.2 Å². The first kappa shape index (κ1) is 9.71. The van der Waals surface area contributed by atoms with Crippen LogP contribution in [0.3, 0.4) is 0 Å². The lowest BCUT2D eigenvalue weighted by molar-refractivity contribution is 0.983. The minimum Gasteiger partial charge on any atom is -0.382 e. The van der Waals surface area contributed by atoms with Gasteiger partial charge in [0.15, 0.2) is 5.82 Å². The van der Waals surface area contributed by atoms with Gasteiger partial charge in [0.25, 0.3) is 0 Å². The Morgan fingerprint density at radius 1 is 1.29 bits per heavy atom. The first-order valence-electron chi connectivity index (χ1n) is 5.14. The van der Waals surface area contributed by atoms with Crippen LogP contribution in [0.5, 0.6) is 0 Å². The number of nitrogens with two attached hydrogens (primary N) is 1. The van der Waals surface area contributed by atoms with Crippen LogP contribution in [0.4, 0.5) is 5.82 Å². The summed E-state index contributed by atoms with van der Waals surface area (Å²) in [7, 11) is 0. The quantitative estimate of drug-likeness (QED) is 0.652. The number of benzene rings is 1. The van der Waals surface area contributed by atoms with Crippen molar-refractivity contribution in [2.45, 2.75) is 6.92 Å². The third kappa shape index (κ3) is 1.59. The molecule has 3 aromatic rings. The van der Waals surface area contributed by atoms with Crippen molar-refractivity contribution in [1.29, 1.82) is 0 Å². The van der Waals surface area contributed by atoms with Gasteiger partial charge in [0.05, 0.1) is 11.0 Å². The molecule has 2 heterocycles. The van der Waals surface area contributed by atoms with Crippen LogP contribution < -0.4 is 5.73 Å². The third-order valence-corrected chi connectivity index (χ3v) is 2.52. The summed E-state index contributed by atoms with van der Waals surface area (Å²) in [6.45, 7) is 1.91. The Morgan fingerprint density at radius 3 is 3.00 bits per heavy atom. The lowest BCUT2D eigenvalue weighted by Gasteiger charge is -2.01. The Labute approximate surface area is 96.9 Å². The van der Waals surface area contributed by atoms with Crippen molar-refractivity contribution in [3.05, 3.63) is 30.4 Å². The zero-order chi connectivity index (χ0) is 11.8. The van der Waals surface area contributed by atoms with Gasteiger partial charge in [0.1, 0.15) is 17.8 Å². The Bertz CT molecular complexity index is 687. The molecule has 17 heavy (non-hydrogen) atoms. The van der Waals surface area contributed by atoms with Crippen LogP contribution in [0.25, 0.3) is 22.3 Å². The molecule has 3 N–H and O–H groups in total. The summed E-state index contributed by atoms with van der Waals surface area (Å²) in [5.74, 6) is 1.25. The largest absolute Gasteiger partial charge is 0.382 e. The highest BCUT2D eigenvalue weighted by Gasteiger charge is 2.07. The van der Waals surface area contributed by atoms with Crippen LogP contribution in [0, 0.1) is 6.92 Å². The van der Waals surface area contributed by atoms with Crippen LogP contribution in [0.2, 0.25) is 0 Å². The number of imidazole rings is 1. The minimum atomic E-state index is 0.371. The van der Waals surface area contributed by atoms with Crippen LogP contribution in [-0.2, 0) is 0 Å². The summed E-state index contributed by atoms with van der Waals surface area (Å²) in [6.07, 6.45) is 1.33. The van der Waals surface area contributed by atoms with E-state index in [4.69, 9.17) is 5.73 Å². The monoisotopic (exact) mass is 226 g/mol. The van der Waals surface area contributed by atoms with Gasteiger partial charge >= 0.3 is 0 Å². The van der Waals surface area contributed by atoms with Gasteiger partial charge in [0.2, 0.25) is 0 Å². The number of nitrogen functional groups attached to an aromatic ring is 1. The zero-order valence-electron chi connectivity index (χ0n) is 9.18. The standard InChI is InChI=1S/C11H10N6/c1-6-15-8-3-2-7(4-9(8)16-6)10-11(12)13-5-14-17-10/h2-5H,1H3,(H,15,16)(H2,12,13,14). The van der Waals surface area contributed by atoms with E-state index in [0.717, 1.165) is 22.4 Å². The number of nitrogens with one attached hydrogen (secondary N) is 1. The Morgan fingerprint density at radius 2 is 2.18 bits per heavy atom. The minimum absolute atomic E-state index is 0.371. The lowest BCUT2D eigenvalue weighted by atomic mass is 10.1. The number of H-pyrrole nitrogens is 1. The molecule has 2 aromatic heterocycles. The van der Waals surface area contributed by atoms with E-state index in [9.17, 15) is 0 Å². The number of hydrogen-bond acceptors (Lipinski definition) is 5. The molecule has 84 valence electrons. The average Bonchev–Trinajstić information content (AvgIpc) is 2.68. The molecule has 0 aliphatic carbocycles. The number of nitrogens with zero attached hydrogens (tertiary/aromatic N) is 4. The Balaban J connectivity index is 2.21. The van der Waals surface area contributed by atoms with Gasteiger partial charge in [-0.25, -0.2) is 9.97 Å². The van der Waals surface area contributed by atoms with Gasteiger partial charge in [-0.05, 0) is 19.1 Å². The van der Waals surface area contributed by atoms with Crippen molar-refractivity contribution >= 4 is 16.9 Å². The maximum atomic E-state index is 5.76. The molecule has 0 saturated heterocycles. The molecule has 0 fully saturated rings. The van der Waals surface area contributed by atoms with Crippen molar-refractivity contribution in [2.75, 3.05) is 5.73 Å². The number of aryl methyl sites for hydroxylation is 1. The summed E-state index contributed by atoms with van der Waals surface area (Å²) in [6, 6.07) is 5.77. The fourth-order valence-electron chi connectivity index (χ4n) is 1.77. The zero-order valence-corrected chi connectivity index (χ0v) is 9.18. The summed E-state index contributed by atoms with van der Waals surface area (Å²) >= 11 is 0. The fourth-order valence-corrected chi connectivity index (χ4v) is 1.77. The van der Waals surface area contributed by atoms with Crippen LogP contribution in [-0.4, -0.2) is 25.1 Å². The fraction of sp³-hybridized carbons (Fsp3) is 0.0909. The number of aromatic nitrogens is 5. The number of aromatic amines is 1. The summed E-state index contributed by atoms with van der Waals surface area (Å²) in [4.78, 5) is 11.4. The van der Waals surface area contributed by atoms with Crippen LogP contribution in [0.1, 0.15) is 5.82 Å². The number of rotatable bonds is 1. The first-order valence-corrected chi connectivity index (χ1v) is 5.14. The van der Waals surface area contributed by atoms with E-state index in [-0.39, 0.29) is 0 Å². The molecule has 0 unspecified atom stereocenters. The van der Waals surface area contributed by atoms with Gasteiger partial charge in [-0.3, -0.25) is 0 Å². The Kier molecular flexibility index (Phi) is 2.01. The van der Waals surface area contributed by atoms with Gasteiger partial charge in [0, 0.05) is 5.56 Å². The summed E-state index contributed by atoms with van der Waals surface area (Å²) < 4.78 is 0. The van der Waals surface area contributed by atoms with Crippen molar-refractivity contribution < 1.29 is 0 Å². The van der Waals surface area contributed by atoms with Gasteiger partial charge < -0.3 is 10.7 Å². The molecular formula is C11H10N6.